The van der Waals surface area contributed by atoms with Gasteiger partial charge in [-0.05, 0) is 19.5 Å². The van der Waals surface area contributed by atoms with Crippen LogP contribution in [-0.4, -0.2) is 41.9 Å². The largest absolute Gasteiger partial charge is 0.631 e. The van der Waals surface area contributed by atoms with Crippen molar-refractivity contribution < 1.29 is 15.1 Å². The minimum Gasteiger partial charge on any atom is -0.402 e. The Morgan fingerprint density at radius 3 is 1.33 bits per heavy atom. The van der Waals surface area contributed by atoms with Gasteiger partial charge in [-0.1, -0.05) is 6.92 Å². The molecule has 9 heavy (non-hydrogen) atoms. The molecule has 0 aliphatic carbocycles. The monoisotopic (exact) mass is 152 g/mol. The maximum atomic E-state index is 7.17. The third-order valence-corrected chi connectivity index (χ3v) is 1.90. The van der Waals surface area contributed by atoms with Gasteiger partial charge in [0.2, 0.25) is 0 Å². The van der Waals surface area contributed by atoms with E-state index >= 15 is 0 Å². The Bertz CT molecular complexity index is 48.3. The van der Waals surface area contributed by atoms with Crippen LogP contribution in [0.15, 0.2) is 0 Å². The Morgan fingerprint density at radius 2 is 1.33 bits per heavy atom. The summed E-state index contributed by atoms with van der Waals surface area (Å²) in [6.45, 7) is 6.80. The van der Waals surface area contributed by atoms with Crippen molar-refractivity contribution in [2.24, 2.45) is 0 Å². The Morgan fingerprint density at radius 1 is 1.22 bits per heavy atom. The van der Waals surface area contributed by atoms with Crippen LogP contribution >= 0.6 is 7.92 Å². The van der Waals surface area contributed by atoms with Crippen LogP contribution in [0, 0.1) is 0 Å². The molecule has 56 valence electrons. The molecular weight excluding hydrogens is 138 g/mol. The summed E-state index contributed by atoms with van der Waals surface area (Å²) in [5, 5.41) is 21.5. The van der Waals surface area contributed by atoms with E-state index in [0.717, 1.165) is 0 Å². The van der Waals surface area contributed by atoms with Crippen LogP contribution in [-0.2, 0) is 0 Å². The molecule has 0 aliphatic heterocycles. The van der Waals surface area contributed by atoms with Crippen molar-refractivity contribution >= 4 is 15.2 Å². The summed E-state index contributed by atoms with van der Waals surface area (Å²) in [6.07, 6.45) is 1.37. The molecule has 0 saturated carbocycles. The van der Waals surface area contributed by atoms with E-state index < -0.39 is 7.32 Å². The highest BCUT2D eigenvalue weighted by molar-refractivity contribution is 7.55. The zero-order valence-corrected chi connectivity index (χ0v) is 6.97. The van der Waals surface area contributed by atoms with Gasteiger partial charge in [-0.25, -0.2) is 0 Å². The fourth-order valence-electron chi connectivity index (χ4n) is 0. The van der Waals surface area contributed by atoms with Gasteiger partial charge in [0.15, 0.2) is 0 Å². The number of hydrogen-bond donors (Lipinski definition) is 3. The number of rotatable bonds is 1. The second-order valence-electron chi connectivity index (χ2n) is 1.74. The Balaban J connectivity index is 0. The first-order chi connectivity index (χ1) is 4.00. The van der Waals surface area contributed by atoms with Crippen molar-refractivity contribution in [1.29, 1.82) is 0 Å². The van der Waals surface area contributed by atoms with Crippen molar-refractivity contribution in [3.8, 4) is 0 Å². The lowest BCUT2D eigenvalue weighted by molar-refractivity contribution is 0.278. The summed E-state index contributed by atoms with van der Waals surface area (Å²) >= 11 is 0. The molecule has 0 aromatic carbocycles. The lowest BCUT2D eigenvalue weighted by Crippen LogP contribution is -2.07. The van der Waals surface area contributed by atoms with Gasteiger partial charge in [-0.3, -0.25) is 0 Å². The maximum absolute atomic E-state index is 7.17. The molecule has 0 rings (SSSR count). The summed E-state index contributed by atoms with van der Waals surface area (Å²) in [4.78, 5) is 0. The van der Waals surface area contributed by atoms with Crippen LogP contribution in [0.2, 0.25) is 0 Å². The zero-order valence-electron chi connectivity index (χ0n) is 6.07. The Labute approximate surface area is 57.6 Å². The zero-order chi connectivity index (χ0) is 7.86. The van der Waals surface area contributed by atoms with Gasteiger partial charge in [0.1, 0.15) is 0 Å². The Hall–Kier alpha value is 0.375. The van der Waals surface area contributed by atoms with Crippen molar-refractivity contribution in [3.63, 3.8) is 0 Å². The third-order valence-electron chi connectivity index (χ3n) is 0.632. The van der Waals surface area contributed by atoms with Crippen molar-refractivity contribution in [3.05, 3.63) is 0 Å². The van der Waals surface area contributed by atoms with Crippen LogP contribution in [0.5, 0.6) is 0 Å². The molecule has 0 unspecified atom stereocenters. The quantitative estimate of drug-likeness (QED) is 0.357. The average Bonchev–Trinajstić information content (AvgIpc) is 1.65. The lowest BCUT2D eigenvalue weighted by atomic mass is 10.3. The van der Waals surface area contributed by atoms with E-state index in [4.69, 9.17) is 15.1 Å². The highest BCUT2D eigenvalue weighted by Gasteiger charge is 1.92. The first-order valence-electron chi connectivity index (χ1n) is 2.69. The first kappa shape index (κ1) is 12.1. The molecule has 0 saturated heterocycles. The van der Waals surface area contributed by atoms with Crippen LogP contribution in [0.4, 0.5) is 0 Å². The van der Waals surface area contributed by atoms with E-state index in [1.54, 1.807) is 0 Å². The summed E-state index contributed by atoms with van der Waals surface area (Å²) in [7, 11) is -1.76. The van der Waals surface area contributed by atoms with E-state index in [-0.39, 0.29) is 0 Å². The summed E-state index contributed by atoms with van der Waals surface area (Å²) < 4.78 is 0. The molecular formula is C4H14BO3P. The lowest BCUT2D eigenvalue weighted by Gasteiger charge is -1.92. The predicted octanol–water partition coefficient (Wildman–Crippen LogP) is -0.304. The average molecular weight is 152 g/mol. The third kappa shape index (κ3) is 60.3. The van der Waals surface area contributed by atoms with Crippen LogP contribution in [0.3, 0.4) is 0 Å². The topological polar surface area (TPSA) is 60.7 Å². The van der Waals surface area contributed by atoms with Gasteiger partial charge in [0.05, 0.1) is 0 Å². The molecule has 3 nitrogen and oxygen atoms in total. The molecule has 0 aliphatic rings. The highest BCUT2D eigenvalue weighted by Crippen LogP contribution is 2.21. The minimum absolute atomic E-state index is 0.402. The van der Waals surface area contributed by atoms with Gasteiger partial charge in [0.25, 0.3) is 0 Å². The predicted molar refractivity (Wildman–Crippen MR) is 41.7 cm³/mol. The fraction of sp³-hybridized carbons (Fsp3) is 1.00. The van der Waals surface area contributed by atoms with Crippen molar-refractivity contribution in [2.45, 2.75) is 6.92 Å². The summed E-state index contributed by atoms with van der Waals surface area (Å²) in [6, 6.07) is 0. The molecule has 0 spiro atoms. The van der Waals surface area contributed by atoms with Crippen LogP contribution < -0.4 is 0 Å². The molecule has 0 atom stereocenters. The van der Waals surface area contributed by atoms with Crippen LogP contribution in [0.1, 0.15) is 6.92 Å². The standard InChI is InChI=1S/C4H11P.BH3O3/c1-4-5(2)3;2-1(3)4/h4H2,1-3H3;2-4H. The van der Waals surface area contributed by atoms with E-state index in [0.29, 0.717) is 7.92 Å². The summed E-state index contributed by atoms with van der Waals surface area (Å²) in [5.41, 5.74) is 0. The van der Waals surface area contributed by atoms with Gasteiger partial charge in [-0.15, -0.1) is 7.92 Å². The van der Waals surface area contributed by atoms with Gasteiger partial charge in [0, 0.05) is 0 Å². The SMILES string of the molecule is CCP(C)C.OB(O)O. The second-order valence-corrected chi connectivity index (χ2v) is 4.53. The maximum Gasteiger partial charge on any atom is 0.631 e. The van der Waals surface area contributed by atoms with E-state index in [1.165, 1.54) is 6.16 Å². The number of hydrogen-bond acceptors (Lipinski definition) is 3. The smallest absolute Gasteiger partial charge is 0.402 e. The van der Waals surface area contributed by atoms with E-state index in [2.05, 4.69) is 20.3 Å². The molecule has 3 N–H and O–H groups in total. The normalized spacial score (nSPS) is 8.33. The summed E-state index contributed by atoms with van der Waals surface area (Å²) in [5.74, 6) is 0. The molecule has 0 bridgehead atoms. The molecule has 0 aromatic heterocycles. The van der Waals surface area contributed by atoms with E-state index in [9.17, 15) is 0 Å². The molecule has 0 radical (unpaired) electrons. The second kappa shape index (κ2) is 8.37. The van der Waals surface area contributed by atoms with Crippen molar-refractivity contribution in [2.75, 3.05) is 19.5 Å². The minimum atomic E-state index is -2.17. The van der Waals surface area contributed by atoms with Gasteiger partial charge in [-0.2, -0.15) is 0 Å². The molecule has 0 heterocycles. The first-order valence-corrected chi connectivity index (χ1v) is 5.11. The molecule has 0 fully saturated rings. The van der Waals surface area contributed by atoms with Gasteiger partial charge < -0.3 is 15.1 Å². The van der Waals surface area contributed by atoms with Crippen LogP contribution in [0.25, 0.3) is 0 Å². The van der Waals surface area contributed by atoms with Gasteiger partial charge >= 0.3 is 7.32 Å². The fourth-order valence-corrected chi connectivity index (χ4v) is 0. The van der Waals surface area contributed by atoms with Crippen molar-refractivity contribution in [1.82, 2.24) is 0 Å². The molecule has 0 amide bonds. The molecule has 5 heteroatoms. The Kier molecular flexibility index (Phi) is 11.3. The van der Waals surface area contributed by atoms with E-state index in [1.807, 2.05) is 0 Å². The highest BCUT2D eigenvalue weighted by atomic mass is 31.1. The molecule has 0 aromatic rings.